The van der Waals surface area contributed by atoms with Crippen molar-refractivity contribution in [3.63, 3.8) is 0 Å². The van der Waals surface area contributed by atoms with Crippen LogP contribution in [0.25, 0.3) is 22.2 Å². The first kappa shape index (κ1) is 17.5. The third kappa shape index (κ3) is 2.79. The molecule has 0 unspecified atom stereocenters. The average molecular weight is 404 g/mol. The Morgan fingerprint density at radius 2 is 1.48 bits per heavy atom. The van der Waals surface area contributed by atoms with Crippen molar-refractivity contribution >= 4 is 28.1 Å². The largest absolute Gasteiger partial charge is 0.455 e. The lowest BCUT2D eigenvalue weighted by Gasteiger charge is -2.19. The topological polar surface area (TPSA) is 64.4 Å². The van der Waals surface area contributed by atoms with Crippen LogP contribution in [-0.4, -0.2) is 10.9 Å². The van der Waals surface area contributed by atoms with Crippen LogP contribution in [0, 0.1) is 0 Å². The number of ether oxygens (including phenoxy) is 1. The van der Waals surface area contributed by atoms with Gasteiger partial charge in [-0.05, 0) is 24.3 Å². The van der Waals surface area contributed by atoms with Gasteiger partial charge in [-0.2, -0.15) is 0 Å². The monoisotopic (exact) mass is 404 g/mol. The van der Waals surface area contributed by atoms with E-state index < -0.39 is 0 Å². The molecule has 0 saturated heterocycles. The number of nitrogens with zero attached hydrogens (tertiary/aromatic N) is 1. The number of ketones is 1. The second-order valence-corrected chi connectivity index (χ2v) is 7.31. The van der Waals surface area contributed by atoms with E-state index in [2.05, 4.69) is 10.5 Å². The molecule has 0 saturated carbocycles. The summed E-state index contributed by atoms with van der Waals surface area (Å²) in [5.41, 5.74) is 3.91. The van der Waals surface area contributed by atoms with Gasteiger partial charge in [-0.1, -0.05) is 65.8 Å². The normalized spacial score (nSPS) is 11.9. The van der Waals surface area contributed by atoms with Crippen molar-refractivity contribution in [1.82, 2.24) is 5.16 Å². The van der Waals surface area contributed by atoms with Gasteiger partial charge in [-0.15, -0.1) is 0 Å². The second-order valence-electron chi connectivity index (χ2n) is 7.31. The Hall–Kier alpha value is -4.38. The molecule has 0 bridgehead atoms. The summed E-state index contributed by atoms with van der Waals surface area (Å²) in [5, 5.41) is 8.33. The molecule has 5 heteroatoms. The minimum absolute atomic E-state index is 0.0685. The molecule has 0 spiro atoms. The molecule has 0 atom stereocenters. The van der Waals surface area contributed by atoms with E-state index in [1.807, 2.05) is 91.0 Å². The highest BCUT2D eigenvalue weighted by Crippen LogP contribution is 2.46. The van der Waals surface area contributed by atoms with Crippen molar-refractivity contribution in [2.45, 2.75) is 0 Å². The molecule has 1 N–H and O–H groups in total. The van der Waals surface area contributed by atoms with Crippen molar-refractivity contribution < 1.29 is 14.1 Å². The van der Waals surface area contributed by atoms with Crippen molar-refractivity contribution in [2.24, 2.45) is 0 Å². The Balaban J connectivity index is 1.62. The summed E-state index contributed by atoms with van der Waals surface area (Å²) < 4.78 is 11.9. The first-order chi connectivity index (χ1) is 15.3. The molecule has 4 aromatic carbocycles. The molecule has 5 aromatic rings. The van der Waals surface area contributed by atoms with Gasteiger partial charge in [-0.3, -0.25) is 4.79 Å². The molecule has 0 fully saturated rings. The van der Waals surface area contributed by atoms with Crippen LogP contribution in [0.15, 0.2) is 95.5 Å². The Labute approximate surface area is 177 Å². The molecule has 1 heterocycles. The summed E-state index contributed by atoms with van der Waals surface area (Å²) in [6, 6.07) is 28.5. The number of anilines is 2. The van der Waals surface area contributed by atoms with E-state index in [1.165, 1.54) is 0 Å². The van der Waals surface area contributed by atoms with Crippen LogP contribution >= 0.6 is 0 Å². The number of carbonyl (C=O) groups excluding carboxylic acids is 1. The lowest BCUT2D eigenvalue weighted by molar-refractivity contribution is 0.104. The highest BCUT2D eigenvalue weighted by atomic mass is 16.5. The number of aromatic nitrogens is 1. The average Bonchev–Trinajstić information content (AvgIpc) is 3.26. The van der Waals surface area contributed by atoms with E-state index in [-0.39, 0.29) is 5.78 Å². The van der Waals surface area contributed by atoms with Crippen LogP contribution in [0.3, 0.4) is 0 Å². The zero-order valence-corrected chi connectivity index (χ0v) is 16.3. The fourth-order valence-corrected chi connectivity index (χ4v) is 4.00. The molecule has 1 aromatic heterocycles. The summed E-state index contributed by atoms with van der Waals surface area (Å²) >= 11 is 0. The van der Waals surface area contributed by atoms with E-state index in [1.54, 1.807) is 0 Å². The van der Waals surface area contributed by atoms with E-state index >= 15 is 0 Å². The third-order valence-corrected chi connectivity index (χ3v) is 5.39. The van der Waals surface area contributed by atoms with Gasteiger partial charge in [-0.25, -0.2) is 0 Å². The zero-order valence-electron chi connectivity index (χ0n) is 16.3. The first-order valence-corrected chi connectivity index (χ1v) is 9.95. The number of carbonyl (C=O) groups is 1. The number of benzene rings is 4. The molecular weight excluding hydrogens is 388 g/mol. The lowest BCUT2D eigenvalue weighted by Crippen LogP contribution is -2.11. The molecule has 0 radical (unpaired) electrons. The molecular formula is C26H16N2O3. The fourth-order valence-electron chi connectivity index (χ4n) is 4.00. The maximum Gasteiger partial charge on any atom is 0.196 e. The van der Waals surface area contributed by atoms with E-state index in [0.29, 0.717) is 45.0 Å². The summed E-state index contributed by atoms with van der Waals surface area (Å²) in [6.45, 7) is 0. The van der Waals surface area contributed by atoms with E-state index in [4.69, 9.17) is 9.26 Å². The van der Waals surface area contributed by atoms with Crippen molar-refractivity contribution in [3.8, 4) is 22.8 Å². The number of hydrogen-bond donors (Lipinski definition) is 1. The lowest BCUT2D eigenvalue weighted by atomic mass is 9.86. The standard InChI is InChI=1S/C26H16N2O3/c29-25-18-13-7-8-14-19(18)26-23-22(25)20(27-16-9-3-1-4-10-16)15-21(24(23)28-31-26)30-17-11-5-2-6-12-17/h1-15,27H. The van der Waals surface area contributed by atoms with Crippen LogP contribution in [0.5, 0.6) is 11.5 Å². The number of fused-ring (bicyclic) bond motifs is 2. The van der Waals surface area contributed by atoms with Crippen LogP contribution in [0.4, 0.5) is 11.4 Å². The number of hydrogen-bond acceptors (Lipinski definition) is 5. The van der Waals surface area contributed by atoms with E-state index in [0.717, 1.165) is 11.3 Å². The summed E-state index contributed by atoms with van der Waals surface area (Å²) in [5.74, 6) is 1.71. The molecule has 0 aliphatic heterocycles. The fraction of sp³-hybridized carbons (Fsp3) is 0. The van der Waals surface area contributed by atoms with Crippen LogP contribution in [0.2, 0.25) is 0 Å². The van der Waals surface area contributed by atoms with Crippen LogP contribution in [0.1, 0.15) is 15.9 Å². The summed E-state index contributed by atoms with van der Waals surface area (Å²) in [7, 11) is 0. The van der Waals surface area contributed by atoms with Gasteiger partial charge >= 0.3 is 0 Å². The van der Waals surface area contributed by atoms with Gasteiger partial charge < -0.3 is 14.6 Å². The van der Waals surface area contributed by atoms with Crippen LogP contribution in [-0.2, 0) is 0 Å². The quantitative estimate of drug-likeness (QED) is 0.360. The number of rotatable bonds is 4. The Bertz CT molecular complexity index is 1440. The third-order valence-electron chi connectivity index (χ3n) is 5.39. The first-order valence-electron chi connectivity index (χ1n) is 9.95. The molecule has 1 aliphatic carbocycles. The van der Waals surface area contributed by atoms with Crippen LogP contribution < -0.4 is 10.1 Å². The van der Waals surface area contributed by atoms with Gasteiger partial charge in [0.25, 0.3) is 0 Å². The van der Waals surface area contributed by atoms with Gasteiger partial charge in [0.05, 0.1) is 16.6 Å². The molecule has 0 amide bonds. The van der Waals surface area contributed by atoms with Gasteiger partial charge in [0.2, 0.25) is 0 Å². The Morgan fingerprint density at radius 1 is 0.806 bits per heavy atom. The molecule has 6 rings (SSSR count). The van der Waals surface area contributed by atoms with Gasteiger partial charge in [0.15, 0.2) is 22.8 Å². The molecule has 148 valence electrons. The predicted octanol–water partition coefficient (Wildman–Crippen LogP) is 6.58. The zero-order chi connectivity index (χ0) is 20.8. The van der Waals surface area contributed by atoms with Gasteiger partial charge in [0, 0.05) is 22.9 Å². The summed E-state index contributed by atoms with van der Waals surface area (Å²) in [4.78, 5) is 13.5. The maximum atomic E-state index is 13.5. The highest BCUT2D eigenvalue weighted by molar-refractivity contribution is 6.28. The Morgan fingerprint density at radius 3 is 2.26 bits per heavy atom. The second kappa shape index (κ2) is 6.85. The SMILES string of the molecule is O=C1c2ccccc2-c2onc3c(Oc4ccccc4)cc(Nc4ccccc4)c1c23. The minimum Gasteiger partial charge on any atom is -0.455 e. The molecule has 31 heavy (non-hydrogen) atoms. The maximum absolute atomic E-state index is 13.5. The van der Waals surface area contributed by atoms with Crippen molar-refractivity contribution in [3.05, 3.63) is 102 Å². The summed E-state index contributed by atoms with van der Waals surface area (Å²) in [6.07, 6.45) is 0. The highest BCUT2D eigenvalue weighted by Gasteiger charge is 2.33. The number of nitrogens with one attached hydrogen (secondary N) is 1. The minimum atomic E-state index is -0.0685. The Kier molecular flexibility index (Phi) is 3.86. The molecule has 5 nitrogen and oxygen atoms in total. The van der Waals surface area contributed by atoms with Crippen molar-refractivity contribution in [2.75, 3.05) is 5.32 Å². The van der Waals surface area contributed by atoms with Crippen molar-refractivity contribution in [1.29, 1.82) is 0 Å². The predicted molar refractivity (Wildman–Crippen MR) is 119 cm³/mol. The number of para-hydroxylation sites is 2. The van der Waals surface area contributed by atoms with E-state index in [9.17, 15) is 4.79 Å². The van der Waals surface area contributed by atoms with Gasteiger partial charge in [0.1, 0.15) is 5.75 Å². The molecule has 1 aliphatic rings. The smallest absolute Gasteiger partial charge is 0.196 e.